The van der Waals surface area contributed by atoms with Crippen LogP contribution in [0.1, 0.15) is 32.3 Å². The average Bonchev–Trinajstić information content (AvgIpc) is 3.11. The van der Waals surface area contributed by atoms with Crippen molar-refractivity contribution in [3.05, 3.63) is 48.2 Å². The normalized spacial score (nSPS) is 22.9. The molecule has 0 spiro atoms. The fraction of sp³-hybridized carbons (Fsp3) is 0.333. The number of benzene rings is 1. The third-order valence-electron chi connectivity index (χ3n) is 5.12. The first-order valence-electron chi connectivity index (χ1n) is 9.06. The van der Waals surface area contributed by atoms with E-state index in [0.717, 1.165) is 33.6 Å². The van der Waals surface area contributed by atoms with E-state index in [9.17, 15) is 5.26 Å². The van der Waals surface area contributed by atoms with Gasteiger partial charge in [-0.2, -0.15) is 5.26 Å². The standard InChI is InChI=1S/C21H22N4S/c1-13-8-9-18(14(2)24-13)25-21-17-10-19(15-6-4-3-5-7-15)26-20(17)16(11-22)12-23-21/h3-7,10,12-14,18,24H,8-9H2,1-2H3,(H,23,25). The molecule has 5 heteroatoms. The van der Waals surface area contributed by atoms with Crippen LogP contribution in [0.3, 0.4) is 0 Å². The van der Waals surface area contributed by atoms with E-state index < -0.39 is 0 Å². The van der Waals surface area contributed by atoms with Crippen LogP contribution in [0.5, 0.6) is 0 Å². The van der Waals surface area contributed by atoms with Gasteiger partial charge >= 0.3 is 0 Å². The monoisotopic (exact) mass is 362 g/mol. The lowest BCUT2D eigenvalue weighted by Gasteiger charge is -2.35. The quantitative estimate of drug-likeness (QED) is 0.704. The van der Waals surface area contributed by atoms with E-state index in [2.05, 4.69) is 53.7 Å². The van der Waals surface area contributed by atoms with Crippen LogP contribution < -0.4 is 10.6 Å². The molecular weight excluding hydrogens is 340 g/mol. The smallest absolute Gasteiger partial charge is 0.135 e. The summed E-state index contributed by atoms with van der Waals surface area (Å²) in [4.78, 5) is 5.74. The molecule has 0 radical (unpaired) electrons. The van der Waals surface area contributed by atoms with Crippen molar-refractivity contribution < 1.29 is 0 Å². The number of fused-ring (bicyclic) bond motifs is 1. The van der Waals surface area contributed by atoms with Crippen LogP contribution in [0.25, 0.3) is 20.5 Å². The predicted molar refractivity (Wildman–Crippen MR) is 108 cm³/mol. The number of piperidine rings is 1. The highest BCUT2D eigenvalue weighted by atomic mass is 32.1. The van der Waals surface area contributed by atoms with E-state index in [1.807, 2.05) is 18.2 Å². The number of nitrogens with zero attached hydrogens (tertiary/aromatic N) is 2. The van der Waals surface area contributed by atoms with Crippen molar-refractivity contribution in [3.63, 3.8) is 0 Å². The van der Waals surface area contributed by atoms with Crippen molar-refractivity contribution in [3.8, 4) is 16.5 Å². The van der Waals surface area contributed by atoms with Gasteiger partial charge in [0.2, 0.25) is 0 Å². The predicted octanol–water partition coefficient (Wildman–Crippen LogP) is 4.78. The first-order chi connectivity index (χ1) is 12.7. The summed E-state index contributed by atoms with van der Waals surface area (Å²) in [5.74, 6) is 0.880. The second kappa shape index (κ2) is 7.06. The molecule has 132 valence electrons. The second-order valence-corrected chi connectivity index (χ2v) is 8.09. The Hall–Kier alpha value is -2.42. The van der Waals surface area contributed by atoms with Crippen LogP contribution in [0.15, 0.2) is 42.6 Å². The molecule has 0 amide bonds. The average molecular weight is 363 g/mol. The molecule has 26 heavy (non-hydrogen) atoms. The number of hydrogen-bond donors (Lipinski definition) is 2. The van der Waals surface area contributed by atoms with Gasteiger partial charge in [0.1, 0.15) is 11.9 Å². The van der Waals surface area contributed by atoms with Gasteiger partial charge < -0.3 is 10.6 Å². The molecule has 4 rings (SSSR count). The lowest BCUT2D eigenvalue weighted by atomic mass is 9.95. The number of nitrogens with one attached hydrogen (secondary N) is 2. The topological polar surface area (TPSA) is 60.7 Å². The van der Waals surface area contributed by atoms with Crippen molar-refractivity contribution in [1.82, 2.24) is 10.3 Å². The van der Waals surface area contributed by atoms with E-state index in [1.165, 1.54) is 5.56 Å². The lowest BCUT2D eigenvalue weighted by Crippen LogP contribution is -2.50. The molecule has 1 aromatic carbocycles. The lowest BCUT2D eigenvalue weighted by molar-refractivity contribution is 0.326. The highest BCUT2D eigenvalue weighted by Crippen LogP contribution is 2.38. The van der Waals surface area contributed by atoms with Crippen molar-refractivity contribution >= 4 is 27.2 Å². The highest BCUT2D eigenvalue weighted by molar-refractivity contribution is 7.22. The number of pyridine rings is 1. The molecule has 2 aromatic heterocycles. The zero-order valence-corrected chi connectivity index (χ0v) is 15.8. The van der Waals surface area contributed by atoms with Crippen molar-refractivity contribution in [2.45, 2.75) is 44.8 Å². The third-order valence-corrected chi connectivity index (χ3v) is 6.33. The molecule has 4 nitrogen and oxygen atoms in total. The SMILES string of the molecule is CC1CCC(Nc2ncc(C#N)c3sc(-c4ccccc4)cc23)C(C)N1. The Kier molecular flexibility index (Phi) is 4.62. The molecule has 1 fully saturated rings. The van der Waals surface area contributed by atoms with Crippen LogP contribution in [0, 0.1) is 11.3 Å². The van der Waals surface area contributed by atoms with Crippen molar-refractivity contribution in [1.29, 1.82) is 5.26 Å². The Bertz CT molecular complexity index is 957. The summed E-state index contributed by atoms with van der Waals surface area (Å²) in [6, 6.07) is 16.0. The molecule has 3 aromatic rings. The minimum atomic E-state index is 0.343. The van der Waals surface area contributed by atoms with E-state index in [-0.39, 0.29) is 0 Å². The number of anilines is 1. The van der Waals surface area contributed by atoms with Crippen LogP contribution in [0.2, 0.25) is 0 Å². The van der Waals surface area contributed by atoms with E-state index in [1.54, 1.807) is 17.5 Å². The highest BCUT2D eigenvalue weighted by Gasteiger charge is 2.25. The molecule has 3 heterocycles. The first-order valence-corrected chi connectivity index (χ1v) is 9.88. The van der Waals surface area contributed by atoms with Crippen LogP contribution in [0.4, 0.5) is 5.82 Å². The summed E-state index contributed by atoms with van der Waals surface area (Å²) < 4.78 is 1.01. The van der Waals surface area contributed by atoms with Gasteiger partial charge in [0.05, 0.1) is 10.3 Å². The largest absolute Gasteiger partial charge is 0.365 e. The van der Waals surface area contributed by atoms with Gasteiger partial charge in [-0.15, -0.1) is 11.3 Å². The molecule has 3 atom stereocenters. The fourth-order valence-electron chi connectivity index (χ4n) is 3.66. The summed E-state index contributed by atoms with van der Waals surface area (Å²) >= 11 is 1.66. The Morgan fingerprint density at radius 3 is 2.77 bits per heavy atom. The van der Waals surface area contributed by atoms with Gasteiger partial charge in [-0.3, -0.25) is 0 Å². The molecule has 0 bridgehead atoms. The van der Waals surface area contributed by atoms with Gasteiger partial charge in [-0.1, -0.05) is 30.3 Å². The molecular formula is C21H22N4S. The number of aromatic nitrogens is 1. The Balaban J connectivity index is 1.74. The summed E-state index contributed by atoms with van der Waals surface area (Å²) in [5.41, 5.74) is 1.81. The maximum absolute atomic E-state index is 9.49. The van der Waals surface area contributed by atoms with E-state index in [4.69, 9.17) is 0 Å². The fourth-order valence-corrected chi connectivity index (χ4v) is 4.79. The zero-order chi connectivity index (χ0) is 18.1. The van der Waals surface area contributed by atoms with E-state index in [0.29, 0.717) is 23.7 Å². The summed E-state index contributed by atoms with van der Waals surface area (Å²) in [5, 5.41) is 17.8. The summed E-state index contributed by atoms with van der Waals surface area (Å²) in [7, 11) is 0. The van der Waals surface area contributed by atoms with Gasteiger partial charge in [0.25, 0.3) is 0 Å². The van der Waals surface area contributed by atoms with E-state index >= 15 is 0 Å². The summed E-state index contributed by atoms with van der Waals surface area (Å²) in [6.07, 6.45) is 3.97. The minimum Gasteiger partial charge on any atom is -0.365 e. The molecule has 0 saturated carbocycles. The van der Waals surface area contributed by atoms with Crippen LogP contribution in [-0.4, -0.2) is 23.1 Å². The van der Waals surface area contributed by atoms with Crippen LogP contribution >= 0.6 is 11.3 Å². The number of thiophene rings is 1. The Labute approximate surface area is 157 Å². The maximum atomic E-state index is 9.49. The number of hydrogen-bond acceptors (Lipinski definition) is 5. The molecule has 1 saturated heterocycles. The third kappa shape index (κ3) is 3.18. The van der Waals surface area contributed by atoms with Gasteiger partial charge in [-0.25, -0.2) is 4.98 Å². The van der Waals surface area contributed by atoms with Gasteiger partial charge in [-0.05, 0) is 38.3 Å². The molecule has 3 unspecified atom stereocenters. The second-order valence-electron chi connectivity index (χ2n) is 7.04. The molecule has 2 N–H and O–H groups in total. The number of rotatable bonds is 3. The van der Waals surface area contributed by atoms with Crippen molar-refractivity contribution in [2.75, 3.05) is 5.32 Å². The Morgan fingerprint density at radius 2 is 2.04 bits per heavy atom. The maximum Gasteiger partial charge on any atom is 0.135 e. The van der Waals surface area contributed by atoms with Gasteiger partial charge in [0.15, 0.2) is 0 Å². The van der Waals surface area contributed by atoms with Crippen LogP contribution in [-0.2, 0) is 0 Å². The minimum absolute atomic E-state index is 0.343. The molecule has 0 aliphatic carbocycles. The van der Waals surface area contributed by atoms with Gasteiger partial charge in [0, 0.05) is 34.6 Å². The number of nitriles is 1. The van der Waals surface area contributed by atoms with Crippen molar-refractivity contribution in [2.24, 2.45) is 0 Å². The molecule has 1 aliphatic heterocycles. The summed E-state index contributed by atoms with van der Waals surface area (Å²) in [6.45, 7) is 4.45. The Morgan fingerprint density at radius 1 is 1.23 bits per heavy atom. The molecule has 1 aliphatic rings. The first kappa shape index (κ1) is 17.0. The zero-order valence-electron chi connectivity index (χ0n) is 15.0.